The molecule has 3 N–H and O–H groups in total. The van der Waals surface area contributed by atoms with Crippen molar-refractivity contribution < 1.29 is 0 Å². The fourth-order valence-corrected chi connectivity index (χ4v) is 2.29. The minimum atomic E-state index is 0.264. The molecule has 4 aromatic rings. The van der Waals surface area contributed by atoms with Crippen LogP contribution in [0.4, 0.5) is 17.6 Å². The molecule has 1 aromatic carbocycles. The highest BCUT2D eigenvalue weighted by Gasteiger charge is 2.10. The lowest BCUT2D eigenvalue weighted by atomic mass is 10.2. The van der Waals surface area contributed by atoms with Gasteiger partial charge in [0.1, 0.15) is 0 Å². The molecule has 0 saturated carbocycles. The number of rotatable bonds is 3. The highest BCUT2D eigenvalue weighted by atomic mass is 15.4. The van der Waals surface area contributed by atoms with Gasteiger partial charge in [-0.3, -0.25) is 4.98 Å². The van der Waals surface area contributed by atoms with Crippen LogP contribution in [0.2, 0.25) is 0 Å². The Kier molecular flexibility index (Phi) is 3.09. The predicted octanol–water partition coefficient (Wildman–Crippen LogP) is 2.54. The zero-order valence-corrected chi connectivity index (χ0v) is 12.1. The highest BCUT2D eigenvalue weighted by molar-refractivity contribution is 5.82. The van der Waals surface area contributed by atoms with Gasteiger partial charge in [-0.2, -0.15) is 9.67 Å². The zero-order chi connectivity index (χ0) is 15.6. The number of hydrogen-bond donors (Lipinski definition) is 2. The Morgan fingerprint density at radius 2 is 1.87 bits per heavy atom. The van der Waals surface area contributed by atoms with Gasteiger partial charge in [-0.15, -0.1) is 5.10 Å². The average molecular weight is 303 g/mol. The first-order valence-corrected chi connectivity index (χ1v) is 7.05. The van der Waals surface area contributed by atoms with Crippen LogP contribution >= 0.6 is 0 Å². The van der Waals surface area contributed by atoms with E-state index in [-0.39, 0.29) is 5.95 Å². The maximum Gasteiger partial charge on any atom is 0.248 e. The molecule has 0 unspecified atom stereocenters. The summed E-state index contributed by atoms with van der Waals surface area (Å²) in [5.74, 6) is 1.27. The standard InChI is InChI=1S/C16H13N7/c17-15-21-16(22-23(15)14-7-3-4-8-18-14)20-12-9-11-5-1-2-6-13(11)19-10-12/h1-10H,(H3,17,20,21,22). The molecule has 0 atom stereocenters. The van der Waals surface area contributed by atoms with Crippen LogP contribution in [0, 0.1) is 0 Å². The molecule has 0 radical (unpaired) electrons. The maximum absolute atomic E-state index is 5.91. The van der Waals surface area contributed by atoms with Gasteiger partial charge in [0.25, 0.3) is 0 Å². The Labute approximate surface area is 131 Å². The smallest absolute Gasteiger partial charge is 0.248 e. The molecular formula is C16H13N7. The SMILES string of the molecule is Nc1nc(Nc2cnc3ccccc3c2)nn1-c1ccccn1. The van der Waals surface area contributed by atoms with E-state index in [1.807, 2.05) is 48.5 Å². The molecule has 0 aliphatic rings. The molecule has 3 aromatic heterocycles. The van der Waals surface area contributed by atoms with Crippen molar-refractivity contribution in [3.8, 4) is 5.82 Å². The van der Waals surface area contributed by atoms with E-state index in [1.165, 1.54) is 4.68 Å². The topological polar surface area (TPSA) is 94.5 Å². The van der Waals surface area contributed by atoms with E-state index in [0.29, 0.717) is 11.8 Å². The van der Waals surface area contributed by atoms with E-state index in [0.717, 1.165) is 16.6 Å². The number of aromatic nitrogens is 5. The molecule has 0 spiro atoms. The second-order valence-electron chi connectivity index (χ2n) is 4.94. The van der Waals surface area contributed by atoms with Crippen LogP contribution in [-0.4, -0.2) is 24.7 Å². The van der Waals surface area contributed by atoms with Crippen LogP contribution in [0.25, 0.3) is 16.7 Å². The number of para-hydroxylation sites is 1. The van der Waals surface area contributed by atoms with Gasteiger partial charge >= 0.3 is 0 Å². The molecule has 23 heavy (non-hydrogen) atoms. The van der Waals surface area contributed by atoms with E-state index in [4.69, 9.17) is 5.73 Å². The van der Waals surface area contributed by atoms with Crippen molar-refractivity contribution in [3.05, 3.63) is 60.9 Å². The van der Waals surface area contributed by atoms with Crippen molar-refractivity contribution in [2.75, 3.05) is 11.1 Å². The second kappa shape index (κ2) is 5.38. The first kappa shape index (κ1) is 13.2. The van der Waals surface area contributed by atoms with Gasteiger partial charge in [0.05, 0.1) is 17.4 Å². The number of pyridine rings is 2. The molecule has 7 heteroatoms. The summed E-state index contributed by atoms with van der Waals surface area (Å²) >= 11 is 0. The lowest BCUT2D eigenvalue weighted by Crippen LogP contribution is -2.04. The summed E-state index contributed by atoms with van der Waals surface area (Å²) in [5.41, 5.74) is 7.64. The Morgan fingerprint density at radius 1 is 1.00 bits per heavy atom. The van der Waals surface area contributed by atoms with Gasteiger partial charge in [0, 0.05) is 11.6 Å². The van der Waals surface area contributed by atoms with E-state index < -0.39 is 0 Å². The second-order valence-corrected chi connectivity index (χ2v) is 4.94. The van der Waals surface area contributed by atoms with Gasteiger partial charge in [0.2, 0.25) is 11.9 Å². The summed E-state index contributed by atoms with van der Waals surface area (Å²) in [6.07, 6.45) is 3.41. The Hall–Kier alpha value is -3.48. The van der Waals surface area contributed by atoms with E-state index in [1.54, 1.807) is 12.4 Å². The summed E-state index contributed by atoms with van der Waals surface area (Å²) in [6, 6.07) is 15.4. The molecule has 4 rings (SSSR count). The summed E-state index contributed by atoms with van der Waals surface area (Å²) in [7, 11) is 0. The third kappa shape index (κ3) is 2.55. The molecule has 0 aliphatic heterocycles. The fourth-order valence-electron chi connectivity index (χ4n) is 2.29. The van der Waals surface area contributed by atoms with Gasteiger partial charge in [0.15, 0.2) is 5.82 Å². The van der Waals surface area contributed by atoms with E-state index in [9.17, 15) is 0 Å². The molecule has 0 saturated heterocycles. The minimum absolute atomic E-state index is 0.264. The Bertz CT molecular complexity index is 963. The van der Waals surface area contributed by atoms with Crippen LogP contribution in [0.3, 0.4) is 0 Å². The maximum atomic E-state index is 5.91. The quantitative estimate of drug-likeness (QED) is 0.604. The van der Waals surface area contributed by atoms with Crippen molar-refractivity contribution >= 4 is 28.5 Å². The molecule has 0 bridgehead atoms. The first-order chi connectivity index (χ1) is 11.3. The van der Waals surface area contributed by atoms with Gasteiger partial charge in [-0.25, -0.2) is 4.98 Å². The van der Waals surface area contributed by atoms with Crippen molar-refractivity contribution in [3.63, 3.8) is 0 Å². The van der Waals surface area contributed by atoms with Gasteiger partial charge < -0.3 is 11.1 Å². The third-order valence-electron chi connectivity index (χ3n) is 3.35. The average Bonchev–Trinajstić information content (AvgIpc) is 2.96. The number of nitrogens with two attached hydrogens (primary N) is 1. The number of nitrogens with one attached hydrogen (secondary N) is 1. The van der Waals surface area contributed by atoms with Crippen LogP contribution in [0.15, 0.2) is 60.9 Å². The number of nitrogens with zero attached hydrogens (tertiary/aromatic N) is 5. The number of fused-ring (bicyclic) bond motifs is 1. The van der Waals surface area contributed by atoms with Crippen molar-refractivity contribution in [1.29, 1.82) is 0 Å². The molecule has 0 fully saturated rings. The van der Waals surface area contributed by atoms with Crippen molar-refractivity contribution in [2.45, 2.75) is 0 Å². The normalized spacial score (nSPS) is 10.8. The monoisotopic (exact) mass is 303 g/mol. The summed E-state index contributed by atoms with van der Waals surface area (Å²) in [6.45, 7) is 0. The van der Waals surface area contributed by atoms with Gasteiger partial charge in [-0.1, -0.05) is 24.3 Å². The van der Waals surface area contributed by atoms with E-state index in [2.05, 4.69) is 25.4 Å². The van der Waals surface area contributed by atoms with E-state index >= 15 is 0 Å². The Balaban J connectivity index is 1.66. The highest BCUT2D eigenvalue weighted by Crippen LogP contribution is 2.20. The number of benzene rings is 1. The van der Waals surface area contributed by atoms with Crippen molar-refractivity contribution in [1.82, 2.24) is 24.7 Å². The van der Waals surface area contributed by atoms with Crippen LogP contribution in [-0.2, 0) is 0 Å². The number of nitrogen functional groups attached to an aromatic ring is 1. The number of anilines is 3. The lowest BCUT2D eigenvalue weighted by Gasteiger charge is -2.03. The molecular weight excluding hydrogens is 290 g/mol. The molecule has 3 heterocycles. The van der Waals surface area contributed by atoms with Gasteiger partial charge in [-0.05, 0) is 24.3 Å². The fraction of sp³-hybridized carbons (Fsp3) is 0. The van der Waals surface area contributed by atoms with Crippen LogP contribution in [0.1, 0.15) is 0 Å². The summed E-state index contributed by atoms with van der Waals surface area (Å²) in [5, 5.41) is 8.48. The molecule has 7 nitrogen and oxygen atoms in total. The predicted molar refractivity (Wildman–Crippen MR) is 88.6 cm³/mol. The Morgan fingerprint density at radius 3 is 2.74 bits per heavy atom. The minimum Gasteiger partial charge on any atom is -0.368 e. The third-order valence-corrected chi connectivity index (χ3v) is 3.35. The molecule has 0 aliphatic carbocycles. The van der Waals surface area contributed by atoms with Crippen LogP contribution < -0.4 is 11.1 Å². The summed E-state index contributed by atoms with van der Waals surface area (Å²) < 4.78 is 1.48. The summed E-state index contributed by atoms with van der Waals surface area (Å²) in [4.78, 5) is 12.8. The number of hydrogen-bond acceptors (Lipinski definition) is 6. The van der Waals surface area contributed by atoms with Crippen molar-refractivity contribution in [2.24, 2.45) is 0 Å². The lowest BCUT2D eigenvalue weighted by molar-refractivity contribution is 0.859. The molecule has 112 valence electrons. The first-order valence-electron chi connectivity index (χ1n) is 7.05. The zero-order valence-electron chi connectivity index (χ0n) is 12.1. The largest absolute Gasteiger partial charge is 0.368 e. The van der Waals surface area contributed by atoms with Crippen LogP contribution in [0.5, 0.6) is 0 Å². The molecule has 0 amide bonds.